The Labute approximate surface area is 113 Å². The molecule has 0 radical (unpaired) electrons. The van der Waals surface area contributed by atoms with E-state index in [4.69, 9.17) is 15.7 Å². The van der Waals surface area contributed by atoms with E-state index in [1.165, 1.54) is 0 Å². The van der Waals surface area contributed by atoms with Crippen LogP contribution in [0.1, 0.15) is 25.0 Å². The molecule has 19 heavy (non-hydrogen) atoms. The Hall–Kier alpha value is -1.59. The lowest BCUT2D eigenvalue weighted by Gasteiger charge is -2.42. The molecule has 1 heterocycles. The summed E-state index contributed by atoms with van der Waals surface area (Å²) in [6.45, 7) is 7.62. The molecule has 0 unspecified atom stereocenters. The van der Waals surface area contributed by atoms with Crippen LogP contribution in [0.5, 0.6) is 0 Å². The molecule has 1 aromatic carbocycles. The molecule has 0 amide bonds. The van der Waals surface area contributed by atoms with Gasteiger partial charge in [0.15, 0.2) is 5.84 Å². The molecule has 1 saturated heterocycles. The Bertz CT molecular complexity index is 472. The molecule has 104 valence electrons. The highest BCUT2D eigenvalue weighted by molar-refractivity contribution is 5.97. The zero-order valence-corrected chi connectivity index (χ0v) is 11.5. The number of benzene rings is 1. The predicted octanol–water partition coefficient (Wildman–Crippen LogP) is 1.39. The largest absolute Gasteiger partial charge is 0.409 e. The molecule has 1 aromatic rings. The molecular formula is C14H21N3O2. The van der Waals surface area contributed by atoms with E-state index in [1.807, 2.05) is 18.2 Å². The van der Waals surface area contributed by atoms with Crippen molar-refractivity contribution in [2.24, 2.45) is 10.9 Å². The van der Waals surface area contributed by atoms with Gasteiger partial charge in [0, 0.05) is 24.2 Å². The zero-order chi connectivity index (χ0) is 13.9. The lowest BCUT2D eigenvalue weighted by atomic mass is 10.0. The number of nitrogens with zero attached hydrogens (tertiary/aromatic N) is 2. The molecule has 1 aliphatic heterocycles. The lowest BCUT2D eigenvalue weighted by Crippen LogP contribution is -2.52. The second-order valence-electron chi connectivity index (χ2n) is 5.47. The number of hydrogen-bond donors (Lipinski definition) is 2. The van der Waals surface area contributed by atoms with E-state index >= 15 is 0 Å². The van der Waals surface area contributed by atoms with Gasteiger partial charge in [0.2, 0.25) is 0 Å². The molecule has 1 aliphatic rings. The van der Waals surface area contributed by atoms with E-state index in [2.05, 4.69) is 30.0 Å². The standard InChI is InChI=1S/C14H21N3O2/c1-14(2)10-19-7-6-17(14)9-11-4-3-5-12(8-11)13(15)16-18/h3-5,8,18H,6-7,9-10H2,1-2H3,(H2,15,16). The van der Waals surface area contributed by atoms with Gasteiger partial charge < -0.3 is 15.7 Å². The van der Waals surface area contributed by atoms with Crippen LogP contribution in [0.3, 0.4) is 0 Å². The third-order valence-corrected chi connectivity index (χ3v) is 3.52. The van der Waals surface area contributed by atoms with Crippen LogP contribution in [0.15, 0.2) is 29.4 Å². The first kappa shape index (κ1) is 13.8. The number of amidine groups is 1. The van der Waals surface area contributed by atoms with E-state index in [1.54, 1.807) is 0 Å². The molecule has 0 atom stereocenters. The monoisotopic (exact) mass is 263 g/mol. The normalized spacial score (nSPS) is 20.4. The summed E-state index contributed by atoms with van der Waals surface area (Å²) in [5, 5.41) is 11.8. The third kappa shape index (κ3) is 3.24. The first-order chi connectivity index (χ1) is 9.03. The summed E-state index contributed by atoms with van der Waals surface area (Å²) in [6.07, 6.45) is 0. The minimum Gasteiger partial charge on any atom is -0.409 e. The van der Waals surface area contributed by atoms with Crippen molar-refractivity contribution in [2.75, 3.05) is 19.8 Å². The molecule has 1 fully saturated rings. The summed E-state index contributed by atoms with van der Waals surface area (Å²) >= 11 is 0. The molecule has 0 aliphatic carbocycles. The summed E-state index contributed by atoms with van der Waals surface area (Å²) < 4.78 is 5.52. The number of morpholine rings is 1. The number of ether oxygens (including phenoxy) is 1. The summed E-state index contributed by atoms with van der Waals surface area (Å²) in [5.41, 5.74) is 7.54. The molecule has 0 saturated carbocycles. The van der Waals surface area contributed by atoms with Gasteiger partial charge in [0.25, 0.3) is 0 Å². The molecular weight excluding hydrogens is 242 g/mol. The molecule has 0 aromatic heterocycles. The fourth-order valence-electron chi connectivity index (χ4n) is 2.29. The molecule has 5 heteroatoms. The number of nitrogens with two attached hydrogens (primary N) is 1. The van der Waals surface area contributed by atoms with E-state index in [-0.39, 0.29) is 11.4 Å². The van der Waals surface area contributed by atoms with E-state index in [0.717, 1.165) is 37.4 Å². The van der Waals surface area contributed by atoms with Gasteiger partial charge in [-0.1, -0.05) is 23.4 Å². The fourth-order valence-corrected chi connectivity index (χ4v) is 2.29. The van der Waals surface area contributed by atoms with Crippen LogP contribution in [-0.2, 0) is 11.3 Å². The second-order valence-corrected chi connectivity index (χ2v) is 5.47. The van der Waals surface area contributed by atoms with Crippen LogP contribution >= 0.6 is 0 Å². The van der Waals surface area contributed by atoms with Gasteiger partial charge >= 0.3 is 0 Å². The van der Waals surface area contributed by atoms with Crippen molar-refractivity contribution < 1.29 is 9.94 Å². The molecule has 3 N–H and O–H groups in total. The van der Waals surface area contributed by atoms with Crippen molar-refractivity contribution >= 4 is 5.84 Å². The average molecular weight is 263 g/mol. The van der Waals surface area contributed by atoms with Crippen LogP contribution < -0.4 is 5.73 Å². The predicted molar refractivity (Wildman–Crippen MR) is 74.3 cm³/mol. The Morgan fingerprint density at radius 3 is 3.00 bits per heavy atom. The molecule has 5 nitrogen and oxygen atoms in total. The quantitative estimate of drug-likeness (QED) is 0.374. The van der Waals surface area contributed by atoms with Gasteiger partial charge in [-0.25, -0.2) is 0 Å². The van der Waals surface area contributed by atoms with Gasteiger partial charge in [-0.3, -0.25) is 4.90 Å². The minimum atomic E-state index is 0.0326. The summed E-state index contributed by atoms with van der Waals surface area (Å²) in [5.74, 6) is 0.142. The molecule has 0 spiro atoms. The zero-order valence-electron chi connectivity index (χ0n) is 11.5. The van der Waals surface area contributed by atoms with Gasteiger partial charge in [-0.05, 0) is 25.5 Å². The number of hydrogen-bond acceptors (Lipinski definition) is 4. The van der Waals surface area contributed by atoms with E-state index < -0.39 is 0 Å². The van der Waals surface area contributed by atoms with Crippen molar-refractivity contribution in [3.63, 3.8) is 0 Å². The van der Waals surface area contributed by atoms with E-state index in [0.29, 0.717) is 0 Å². The van der Waals surface area contributed by atoms with Crippen LogP contribution in [0, 0.1) is 0 Å². The van der Waals surface area contributed by atoms with Crippen molar-refractivity contribution in [2.45, 2.75) is 25.9 Å². The third-order valence-electron chi connectivity index (χ3n) is 3.52. The highest BCUT2D eigenvalue weighted by atomic mass is 16.5. The SMILES string of the molecule is CC1(C)COCCN1Cc1cccc(C(N)=NO)c1. The van der Waals surface area contributed by atoms with Crippen LogP contribution in [0.4, 0.5) is 0 Å². The van der Waals surface area contributed by atoms with Crippen molar-refractivity contribution in [1.29, 1.82) is 0 Å². The Morgan fingerprint density at radius 2 is 2.32 bits per heavy atom. The summed E-state index contributed by atoms with van der Waals surface area (Å²) in [6, 6.07) is 7.78. The number of oxime groups is 1. The van der Waals surface area contributed by atoms with Gasteiger partial charge in [-0.2, -0.15) is 0 Å². The van der Waals surface area contributed by atoms with Crippen molar-refractivity contribution in [3.05, 3.63) is 35.4 Å². The smallest absolute Gasteiger partial charge is 0.170 e. The second kappa shape index (κ2) is 5.59. The maximum Gasteiger partial charge on any atom is 0.170 e. The maximum absolute atomic E-state index is 8.72. The Balaban J connectivity index is 2.14. The fraction of sp³-hybridized carbons (Fsp3) is 0.500. The Kier molecular flexibility index (Phi) is 4.07. The first-order valence-corrected chi connectivity index (χ1v) is 6.42. The minimum absolute atomic E-state index is 0.0326. The van der Waals surface area contributed by atoms with Crippen molar-refractivity contribution in [1.82, 2.24) is 4.90 Å². The molecule has 0 bridgehead atoms. The van der Waals surface area contributed by atoms with E-state index in [9.17, 15) is 0 Å². The summed E-state index contributed by atoms with van der Waals surface area (Å²) in [4.78, 5) is 2.39. The maximum atomic E-state index is 8.72. The summed E-state index contributed by atoms with van der Waals surface area (Å²) in [7, 11) is 0. The highest BCUT2D eigenvalue weighted by Gasteiger charge is 2.30. The van der Waals surface area contributed by atoms with Crippen LogP contribution in [0.2, 0.25) is 0 Å². The van der Waals surface area contributed by atoms with Gasteiger partial charge in [-0.15, -0.1) is 0 Å². The molecule has 2 rings (SSSR count). The van der Waals surface area contributed by atoms with Crippen molar-refractivity contribution in [3.8, 4) is 0 Å². The first-order valence-electron chi connectivity index (χ1n) is 6.42. The lowest BCUT2D eigenvalue weighted by molar-refractivity contribution is -0.0552. The van der Waals surface area contributed by atoms with Gasteiger partial charge in [0.1, 0.15) is 0 Å². The number of rotatable bonds is 3. The van der Waals surface area contributed by atoms with Crippen LogP contribution in [-0.4, -0.2) is 41.2 Å². The highest BCUT2D eigenvalue weighted by Crippen LogP contribution is 2.21. The van der Waals surface area contributed by atoms with Crippen LogP contribution in [0.25, 0.3) is 0 Å². The average Bonchev–Trinajstić information content (AvgIpc) is 2.40. The van der Waals surface area contributed by atoms with Gasteiger partial charge in [0.05, 0.1) is 13.2 Å². The Morgan fingerprint density at radius 1 is 1.53 bits per heavy atom. The topological polar surface area (TPSA) is 71.1 Å².